The first kappa shape index (κ1) is 17.5. The molecule has 0 saturated carbocycles. The van der Waals surface area contributed by atoms with Gasteiger partial charge in [0.15, 0.2) is 0 Å². The zero-order chi connectivity index (χ0) is 17.0. The number of carbonyl (C=O) groups is 2. The monoisotopic (exact) mass is 394 g/mol. The Balaban J connectivity index is 2.11. The molecule has 0 aliphatic heterocycles. The highest BCUT2D eigenvalue weighted by atomic mass is 79.9. The standard InChI is InChI=1S/C17H16BrClN2O2/c1-17(2,15(22)20-12-7-5-6-11(18)10-12)16(23)21-14-9-4-3-8-13(14)19/h3-10H,1-2H3,(H,20,22)(H,21,23). The number of carbonyl (C=O) groups excluding carboxylic acids is 2. The number of amides is 2. The van der Waals surface area contributed by atoms with Gasteiger partial charge in [-0.05, 0) is 44.2 Å². The summed E-state index contributed by atoms with van der Waals surface area (Å²) in [6, 6.07) is 14.1. The Morgan fingerprint density at radius 3 is 2.30 bits per heavy atom. The zero-order valence-corrected chi connectivity index (χ0v) is 15.0. The molecule has 120 valence electrons. The average molecular weight is 396 g/mol. The summed E-state index contributed by atoms with van der Waals surface area (Å²) in [6.45, 7) is 3.12. The minimum atomic E-state index is -1.26. The molecule has 0 bridgehead atoms. The fourth-order valence-corrected chi connectivity index (χ4v) is 2.38. The Labute approximate surface area is 148 Å². The van der Waals surface area contributed by atoms with E-state index in [1.54, 1.807) is 56.3 Å². The molecule has 2 rings (SSSR count). The van der Waals surface area contributed by atoms with Crippen LogP contribution in [0.1, 0.15) is 13.8 Å². The first-order chi connectivity index (χ1) is 10.8. The summed E-state index contributed by atoms with van der Waals surface area (Å²) in [4.78, 5) is 24.9. The van der Waals surface area contributed by atoms with E-state index in [2.05, 4.69) is 26.6 Å². The van der Waals surface area contributed by atoms with E-state index in [0.717, 1.165) is 4.47 Å². The van der Waals surface area contributed by atoms with Gasteiger partial charge >= 0.3 is 0 Å². The van der Waals surface area contributed by atoms with E-state index in [1.807, 2.05) is 6.07 Å². The van der Waals surface area contributed by atoms with Crippen molar-refractivity contribution in [2.75, 3.05) is 10.6 Å². The molecule has 6 heteroatoms. The van der Waals surface area contributed by atoms with Crippen molar-refractivity contribution in [3.63, 3.8) is 0 Å². The van der Waals surface area contributed by atoms with Crippen LogP contribution in [0, 0.1) is 5.41 Å². The molecule has 2 aromatic rings. The normalized spacial score (nSPS) is 11.0. The summed E-state index contributed by atoms with van der Waals surface area (Å²) in [5, 5.41) is 5.85. The van der Waals surface area contributed by atoms with Gasteiger partial charge in [0.05, 0.1) is 10.7 Å². The molecule has 0 aliphatic rings. The molecule has 0 unspecified atom stereocenters. The number of rotatable bonds is 4. The van der Waals surface area contributed by atoms with Gasteiger partial charge in [-0.25, -0.2) is 0 Å². The van der Waals surface area contributed by atoms with Gasteiger partial charge in [-0.2, -0.15) is 0 Å². The quantitative estimate of drug-likeness (QED) is 0.737. The Morgan fingerprint density at radius 1 is 1.00 bits per heavy atom. The van der Waals surface area contributed by atoms with Crippen molar-refractivity contribution in [2.24, 2.45) is 5.41 Å². The van der Waals surface area contributed by atoms with Gasteiger partial charge in [0.25, 0.3) is 0 Å². The van der Waals surface area contributed by atoms with E-state index in [-0.39, 0.29) is 0 Å². The van der Waals surface area contributed by atoms with Crippen LogP contribution in [0.25, 0.3) is 0 Å². The third-order valence-corrected chi connectivity index (χ3v) is 4.16. The lowest BCUT2D eigenvalue weighted by atomic mass is 9.90. The smallest absolute Gasteiger partial charge is 0.239 e. The Kier molecular flexibility index (Phi) is 5.44. The highest BCUT2D eigenvalue weighted by molar-refractivity contribution is 9.10. The van der Waals surface area contributed by atoms with Crippen molar-refractivity contribution >= 4 is 50.7 Å². The van der Waals surface area contributed by atoms with E-state index < -0.39 is 17.2 Å². The number of anilines is 2. The maximum atomic E-state index is 12.4. The minimum absolute atomic E-state index is 0.403. The van der Waals surface area contributed by atoms with Gasteiger partial charge in [-0.1, -0.05) is 45.7 Å². The van der Waals surface area contributed by atoms with E-state index in [0.29, 0.717) is 16.4 Å². The second-order valence-corrected chi connectivity index (χ2v) is 6.85. The van der Waals surface area contributed by atoms with Gasteiger partial charge in [-0.3, -0.25) is 9.59 Å². The summed E-state index contributed by atoms with van der Waals surface area (Å²) in [5.74, 6) is -0.835. The molecule has 0 heterocycles. The summed E-state index contributed by atoms with van der Waals surface area (Å²) < 4.78 is 0.841. The van der Waals surface area contributed by atoms with Crippen LogP contribution in [0.3, 0.4) is 0 Å². The van der Waals surface area contributed by atoms with Crippen LogP contribution in [0.4, 0.5) is 11.4 Å². The number of halogens is 2. The number of benzene rings is 2. The molecule has 4 nitrogen and oxygen atoms in total. The maximum absolute atomic E-state index is 12.4. The Bertz CT molecular complexity index is 747. The van der Waals surface area contributed by atoms with Crippen LogP contribution in [0.5, 0.6) is 0 Å². The average Bonchev–Trinajstić information content (AvgIpc) is 2.49. The molecule has 0 fully saturated rings. The Morgan fingerprint density at radius 2 is 1.65 bits per heavy atom. The van der Waals surface area contributed by atoms with E-state index in [9.17, 15) is 9.59 Å². The third-order valence-electron chi connectivity index (χ3n) is 3.34. The fraction of sp³-hybridized carbons (Fsp3) is 0.176. The van der Waals surface area contributed by atoms with Crippen molar-refractivity contribution in [1.82, 2.24) is 0 Å². The number of nitrogens with one attached hydrogen (secondary N) is 2. The summed E-state index contributed by atoms with van der Waals surface area (Å²) in [5.41, 5.74) is -0.174. The third kappa shape index (κ3) is 4.33. The summed E-state index contributed by atoms with van der Waals surface area (Å²) in [6.07, 6.45) is 0. The summed E-state index contributed by atoms with van der Waals surface area (Å²) in [7, 11) is 0. The second kappa shape index (κ2) is 7.15. The molecule has 0 aliphatic carbocycles. The first-order valence-corrected chi connectivity index (χ1v) is 8.11. The van der Waals surface area contributed by atoms with Crippen LogP contribution in [-0.2, 0) is 9.59 Å². The lowest BCUT2D eigenvalue weighted by Crippen LogP contribution is -2.41. The molecule has 23 heavy (non-hydrogen) atoms. The highest BCUT2D eigenvalue weighted by Gasteiger charge is 2.36. The molecule has 2 aromatic carbocycles. The SMILES string of the molecule is CC(C)(C(=O)Nc1cccc(Br)c1)C(=O)Nc1ccccc1Cl. The minimum Gasteiger partial charge on any atom is -0.325 e. The fourth-order valence-electron chi connectivity index (χ4n) is 1.80. The van der Waals surface area contributed by atoms with E-state index in [1.165, 1.54) is 0 Å². The molecule has 0 aromatic heterocycles. The Hall–Kier alpha value is -1.85. The predicted octanol–water partition coefficient (Wildman–Crippen LogP) is 4.71. The first-order valence-electron chi connectivity index (χ1n) is 6.93. The van der Waals surface area contributed by atoms with Gasteiger partial charge in [-0.15, -0.1) is 0 Å². The van der Waals surface area contributed by atoms with Crippen molar-refractivity contribution in [3.05, 3.63) is 58.0 Å². The van der Waals surface area contributed by atoms with Gasteiger partial charge < -0.3 is 10.6 Å². The molecule has 0 saturated heterocycles. The molecular weight excluding hydrogens is 380 g/mol. The number of hydrogen-bond donors (Lipinski definition) is 2. The predicted molar refractivity (Wildman–Crippen MR) is 96.6 cm³/mol. The zero-order valence-electron chi connectivity index (χ0n) is 12.7. The number of hydrogen-bond acceptors (Lipinski definition) is 2. The van der Waals surface area contributed by atoms with Crippen LogP contribution in [0.15, 0.2) is 53.0 Å². The largest absolute Gasteiger partial charge is 0.325 e. The van der Waals surface area contributed by atoms with Crippen molar-refractivity contribution < 1.29 is 9.59 Å². The molecule has 0 atom stereocenters. The van der Waals surface area contributed by atoms with Crippen LogP contribution in [0.2, 0.25) is 5.02 Å². The maximum Gasteiger partial charge on any atom is 0.239 e. The molecule has 0 radical (unpaired) electrons. The van der Waals surface area contributed by atoms with Crippen LogP contribution < -0.4 is 10.6 Å². The van der Waals surface area contributed by atoms with Gasteiger partial charge in [0.1, 0.15) is 5.41 Å². The van der Waals surface area contributed by atoms with Crippen LogP contribution >= 0.6 is 27.5 Å². The summed E-state index contributed by atoms with van der Waals surface area (Å²) >= 11 is 9.36. The van der Waals surface area contributed by atoms with Gasteiger partial charge in [0, 0.05) is 10.2 Å². The van der Waals surface area contributed by atoms with Crippen molar-refractivity contribution in [1.29, 1.82) is 0 Å². The van der Waals surface area contributed by atoms with Crippen molar-refractivity contribution in [2.45, 2.75) is 13.8 Å². The molecule has 2 N–H and O–H groups in total. The van der Waals surface area contributed by atoms with E-state index in [4.69, 9.17) is 11.6 Å². The van der Waals surface area contributed by atoms with E-state index >= 15 is 0 Å². The molecule has 0 spiro atoms. The second-order valence-electron chi connectivity index (χ2n) is 5.52. The topological polar surface area (TPSA) is 58.2 Å². The van der Waals surface area contributed by atoms with Crippen LogP contribution in [-0.4, -0.2) is 11.8 Å². The lowest BCUT2D eigenvalue weighted by Gasteiger charge is -2.23. The van der Waals surface area contributed by atoms with Gasteiger partial charge in [0.2, 0.25) is 11.8 Å². The highest BCUT2D eigenvalue weighted by Crippen LogP contribution is 2.26. The number of para-hydroxylation sites is 1. The lowest BCUT2D eigenvalue weighted by molar-refractivity contribution is -0.135. The van der Waals surface area contributed by atoms with Crippen molar-refractivity contribution in [3.8, 4) is 0 Å². The molecular formula is C17H16BrClN2O2. The molecule has 2 amide bonds.